The fourth-order valence-electron chi connectivity index (χ4n) is 1.23. The van der Waals surface area contributed by atoms with Gasteiger partial charge in [-0.3, -0.25) is 0 Å². The zero-order valence-electron chi connectivity index (χ0n) is 9.90. The van der Waals surface area contributed by atoms with Gasteiger partial charge in [-0.25, -0.2) is 9.97 Å². The molecule has 0 aromatic carbocycles. The standard InChI is InChI=1S/C10H18N4O/c1-7(2)14(4)10-8(15-5)9(11-3)12-6-13-10/h6-7H,1-5H3,(H,11,12,13). The molecule has 0 saturated carbocycles. The number of hydrogen-bond donors (Lipinski definition) is 1. The first kappa shape index (κ1) is 11.6. The third-order valence-electron chi connectivity index (χ3n) is 2.33. The molecule has 0 aliphatic carbocycles. The average molecular weight is 210 g/mol. The van der Waals surface area contributed by atoms with Crippen LogP contribution in [0, 0.1) is 0 Å². The molecule has 1 rings (SSSR count). The molecule has 0 saturated heterocycles. The molecule has 0 aliphatic heterocycles. The number of ether oxygens (including phenoxy) is 1. The molecule has 0 bridgehead atoms. The molecule has 0 aliphatic rings. The van der Waals surface area contributed by atoms with Crippen molar-refractivity contribution in [2.45, 2.75) is 19.9 Å². The van der Waals surface area contributed by atoms with Crippen LogP contribution in [0.2, 0.25) is 0 Å². The van der Waals surface area contributed by atoms with E-state index in [0.29, 0.717) is 17.6 Å². The second kappa shape index (κ2) is 4.82. The Labute approximate surface area is 90.5 Å². The molecule has 84 valence electrons. The van der Waals surface area contributed by atoms with Crippen LogP contribution in [0.25, 0.3) is 0 Å². The van der Waals surface area contributed by atoms with Crippen molar-refractivity contribution in [3.8, 4) is 5.75 Å². The summed E-state index contributed by atoms with van der Waals surface area (Å²) in [5, 5.41) is 2.98. The Kier molecular flexibility index (Phi) is 3.71. The van der Waals surface area contributed by atoms with Crippen LogP contribution >= 0.6 is 0 Å². The zero-order chi connectivity index (χ0) is 11.4. The van der Waals surface area contributed by atoms with Crippen molar-refractivity contribution in [3.05, 3.63) is 6.33 Å². The Bertz CT molecular complexity index is 327. The van der Waals surface area contributed by atoms with Crippen LogP contribution in [0.1, 0.15) is 13.8 Å². The molecule has 15 heavy (non-hydrogen) atoms. The van der Waals surface area contributed by atoms with Crippen molar-refractivity contribution in [2.24, 2.45) is 0 Å². The van der Waals surface area contributed by atoms with Gasteiger partial charge in [-0.1, -0.05) is 0 Å². The number of anilines is 2. The number of rotatable bonds is 4. The Morgan fingerprint density at radius 3 is 2.53 bits per heavy atom. The summed E-state index contributed by atoms with van der Waals surface area (Å²) >= 11 is 0. The second-order valence-corrected chi connectivity index (χ2v) is 3.53. The zero-order valence-corrected chi connectivity index (χ0v) is 9.90. The van der Waals surface area contributed by atoms with Gasteiger partial charge in [-0.15, -0.1) is 0 Å². The van der Waals surface area contributed by atoms with Gasteiger partial charge in [0.25, 0.3) is 0 Å². The fraction of sp³-hybridized carbons (Fsp3) is 0.600. The minimum atomic E-state index is 0.360. The van der Waals surface area contributed by atoms with Gasteiger partial charge >= 0.3 is 0 Å². The molecule has 0 unspecified atom stereocenters. The lowest BCUT2D eigenvalue weighted by Gasteiger charge is -2.24. The van der Waals surface area contributed by atoms with Gasteiger partial charge in [0.05, 0.1) is 7.11 Å². The minimum Gasteiger partial charge on any atom is -0.490 e. The molecular formula is C10H18N4O. The molecule has 1 aromatic rings. The second-order valence-electron chi connectivity index (χ2n) is 3.53. The molecule has 0 fully saturated rings. The number of hydrogen-bond acceptors (Lipinski definition) is 5. The van der Waals surface area contributed by atoms with E-state index in [9.17, 15) is 0 Å². The van der Waals surface area contributed by atoms with Crippen molar-refractivity contribution in [2.75, 3.05) is 31.4 Å². The number of methoxy groups -OCH3 is 1. The van der Waals surface area contributed by atoms with E-state index >= 15 is 0 Å². The minimum absolute atomic E-state index is 0.360. The largest absolute Gasteiger partial charge is 0.490 e. The third kappa shape index (κ3) is 2.29. The van der Waals surface area contributed by atoms with Crippen molar-refractivity contribution >= 4 is 11.6 Å². The molecular weight excluding hydrogens is 192 g/mol. The van der Waals surface area contributed by atoms with Gasteiger partial charge in [0.1, 0.15) is 6.33 Å². The first-order valence-electron chi connectivity index (χ1n) is 4.91. The van der Waals surface area contributed by atoms with E-state index < -0.39 is 0 Å². The molecule has 1 heterocycles. The number of nitrogens with one attached hydrogen (secondary N) is 1. The predicted octanol–water partition coefficient (Wildman–Crippen LogP) is 1.37. The summed E-state index contributed by atoms with van der Waals surface area (Å²) in [6, 6.07) is 0.360. The molecule has 0 spiro atoms. The van der Waals surface area contributed by atoms with E-state index in [4.69, 9.17) is 4.74 Å². The van der Waals surface area contributed by atoms with Crippen molar-refractivity contribution in [3.63, 3.8) is 0 Å². The first-order valence-corrected chi connectivity index (χ1v) is 4.91. The fourth-order valence-corrected chi connectivity index (χ4v) is 1.23. The maximum atomic E-state index is 5.31. The molecule has 5 nitrogen and oxygen atoms in total. The highest BCUT2D eigenvalue weighted by molar-refractivity contribution is 5.64. The molecule has 0 radical (unpaired) electrons. The Balaban J connectivity index is 3.16. The monoisotopic (exact) mass is 210 g/mol. The van der Waals surface area contributed by atoms with Crippen LogP contribution in [0.3, 0.4) is 0 Å². The highest BCUT2D eigenvalue weighted by atomic mass is 16.5. The van der Waals surface area contributed by atoms with Gasteiger partial charge in [0, 0.05) is 20.1 Å². The van der Waals surface area contributed by atoms with Crippen molar-refractivity contribution < 1.29 is 4.74 Å². The van der Waals surface area contributed by atoms with E-state index in [2.05, 4.69) is 29.1 Å². The van der Waals surface area contributed by atoms with Crippen LogP contribution in [0.15, 0.2) is 6.33 Å². The predicted molar refractivity (Wildman–Crippen MR) is 61.7 cm³/mol. The van der Waals surface area contributed by atoms with Gasteiger partial charge in [0.15, 0.2) is 11.6 Å². The summed E-state index contributed by atoms with van der Waals surface area (Å²) in [4.78, 5) is 10.4. The Morgan fingerprint density at radius 2 is 2.07 bits per heavy atom. The summed E-state index contributed by atoms with van der Waals surface area (Å²) in [5.41, 5.74) is 0. The summed E-state index contributed by atoms with van der Waals surface area (Å²) in [6.45, 7) is 4.20. The lowest BCUT2D eigenvalue weighted by molar-refractivity contribution is 0.412. The molecule has 5 heteroatoms. The van der Waals surface area contributed by atoms with Crippen LogP contribution in [0.5, 0.6) is 5.75 Å². The van der Waals surface area contributed by atoms with Gasteiger partial charge in [0.2, 0.25) is 5.75 Å². The quantitative estimate of drug-likeness (QED) is 0.813. The first-order chi connectivity index (χ1) is 7.11. The summed E-state index contributed by atoms with van der Waals surface area (Å²) in [5.74, 6) is 2.18. The van der Waals surface area contributed by atoms with Crippen LogP contribution < -0.4 is 15.0 Å². The lowest BCUT2D eigenvalue weighted by Crippen LogP contribution is -2.27. The Hall–Kier alpha value is -1.52. The average Bonchev–Trinajstić information content (AvgIpc) is 2.26. The molecule has 0 atom stereocenters. The van der Waals surface area contributed by atoms with Gasteiger partial charge in [-0.2, -0.15) is 0 Å². The van der Waals surface area contributed by atoms with Crippen LogP contribution in [-0.4, -0.2) is 37.2 Å². The summed E-state index contributed by atoms with van der Waals surface area (Å²) in [6.07, 6.45) is 1.53. The Morgan fingerprint density at radius 1 is 1.40 bits per heavy atom. The van der Waals surface area contributed by atoms with E-state index in [1.807, 2.05) is 19.0 Å². The van der Waals surface area contributed by atoms with Crippen molar-refractivity contribution in [1.29, 1.82) is 0 Å². The van der Waals surface area contributed by atoms with E-state index in [-0.39, 0.29) is 0 Å². The maximum absolute atomic E-state index is 5.31. The normalized spacial score (nSPS) is 10.3. The van der Waals surface area contributed by atoms with Crippen LogP contribution in [-0.2, 0) is 0 Å². The van der Waals surface area contributed by atoms with Gasteiger partial charge in [-0.05, 0) is 13.8 Å². The highest BCUT2D eigenvalue weighted by Crippen LogP contribution is 2.31. The van der Waals surface area contributed by atoms with E-state index in [1.165, 1.54) is 6.33 Å². The highest BCUT2D eigenvalue weighted by Gasteiger charge is 2.16. The smallest absolute Gasteiger partial charge is 0.204 e. The summed E-state index contributed by atoms with van der Waals surface area (Å²) in [7, 11) is 5.41. The topological polar surface area (TPSA) is 50.3 Å². The summed E-state index contributed by atoms with van der Waals surface area (Å²) < 4.78 is 5.31. The third-order valence-corrected chi connectivity index (χ3v) is 2.33. The molecule has 1 N–H and O–H groups in total. The molecule has 0 amide bonds. The van der Waals surface area contributed by atoms with E-state index in [0.717, 1.165) is 5.82 Å². The van der Waals surface area contributed by atoms with Crippen molar-refractivity contribution in [1.82, 2.24) is 9.97 Å². The lowest BCUT2D eigenvalue weighted by atomic mass is 10.3. The maximum Gasteiger partial charge on any atom is 0.204 e. The van der Waals surface area contributed by atoms with E-state index in [1.54, 1.807) is 7.11 Å². The number of nitrogens with zero attached hydrogens (tertiary/aromatic N) is 3. The number of aromatic nitrogens is 2. The van der Waals surface area contributed by atoms with Crippen LogP contribution in [0.4, 0.5) is 11.6 Å². The van der Waals surface area contributed by atoms with Gasteiger partial charge < -0.3 is 15.0 Å². The SMILES string of the molecule is CNc1ncnc(N(C)C(C)C)c1OC. The molecule has 1 aromatic heterocycles.